The van der Waals surface area contributed by atoms with Crippen LogP contribution in [0, 0.1) is 0 Å². The molecule has 1 saturated heterocycles. The van der Waals surface area contributed by atoms with Gasteiger partial charge in [-0.3, -0.25) is 9.59 Å². The maximum Gasteiger partial charge on any atom is 0.279 e. The second-order valence-electron chi connectivity index (χ2n) is 6.42. The molecule has 6 heteroatoms. The van der Waals surface area contributed by atoms with Gasteiger partial charge < -0.3 is 19.9 Å². The van der Waals surface area contributed by atoms with Gasteiger partial charge in [0.1, 0.15) is 11.5 Å². The van der Waals surface area contributed by atoms with E-state index in [-0.39, 0.29) is 11.8 Å². The van der Waals surface area contributed by atoms with Gasteiger partial charge in [0, 0.05) is 12.6 Å². The van der Waals surface area contributed by atoms with Crippen LogP contribution in [-0.4, -0.2) is 49.4 Å². The van der Waals surface area contributed by atoms with Crippen molar-refractivity contribution in [3.05, 3.63) is 54.6 Å². The number of benzene rings is 2. The highest BCUT2D eigenvalue weighted by Gasteiger charge is 2.23. The van der Waals surface area contributed by atoms with Crippen LogP contribution >= 0.6 is 0 Å². The lowest BCUT2D eigenvalue weighted by atomic mass is 10.2. The first-order chi connectivity index (χ1) is 12.6. The fourth-order valence-corrected chi connectivity index (χ4v) is 2.98. The summed E-state index contributed by atoms with van der Waals surface area (Å²) in [5, 5.41) is 2.92. The van der Waals surface area contributed by atoms with Crippen molar-refractivity contribution in [3.8, 4) is 11.5 Å². The predicted molar refractivity (Wildman–Crippen MR) is 99.4 cm³/mol. The first-order valence-electron chi connectivity index (χ1n) is 8.82. The lowest BCUT2D eigenvalue weighted by Crippen LogP contribution is -3.15. The molecule has 0 aliphatic carbocycles. The third kappa shape index (κ3) is 5.07. The van der Waals surface area contributed by atoms with Crippen molar-refractivity contribution in [1.29, 1.82) is 0 Å². The summed E-state index contributed by atoms with van der Waals surface area (Å²) in [6.07, 6.45) is 0. The number of quaternary nitrogens is 1. The zero-order valence-corrected chi connectivity index (χ0v) is 14.9. The van der Waals surface area contributed by atoms with Gasteiger partial charge in [0.15, 0.2) is 6.54 Å². The second kappa shape index (κ2) is 8.49. The number of nitrogens with zero attached hydrogens (tertiary/aromatic N) is 1. The van der Waals surface area contributed by atoms with Gasteiger partial charge in [0.2, 0.25) is 5.91 Å². The number of carbonyl (C=O) groups excluding carboxylic acids is 2. The number of carbonyl (C=O) groups is 2. The predicted octanol–water partition coefficient (Wildman–Crippen LogP) is 1.16. The van der Waals surface area contributed by atoms with E-state index in [4.69, 9.17) is 4.74 Å². The Hall–Kier alpha value is -2.86. The molecule has 26 heavy (non-hydrogen) atoms. The molecular weight excluding hydrogens is 330 g/mol. The third-order valence-corrected chi connectivity index (χ3v) is 4.44. The minimum absolute atomic E-state index is 0.0204. The summed E-state index contributed by atoms with van der Waals surface area (Å²) < 4.78 is 5.74. The van der Waals surface area contributed by atoms with Crippen molar-refractivity contribution >= 4 is 17.5 Å². The summed E-state index contributed by atoms with van der Waals surface area (Å²) in [6, 6.07) is 16.9. The molecule has 2 amide bonds. The van der Waals surface area contributed by atoms with Crippen molar-refractivity contribution in [2.45, 2.75) is 6.92 Å². The monoisotopic (exact) mass is 354 g/mol. The lowest BCUT2D eigenvalue weighted by Gasteiger charge is -2.31. The van der Waals surface area contributed by atoms with E-state index >= 15 is 0 Å². The average Bonchev–Trinajstić information content (AvgIpc) is 2.64. The molecule has 2 aromatic rings. The molecule has 0 saturated carbocycles. The van der Waals surface area contributed by atoms with Crippen molar-refractivity contribution in [2.24, 2.45) is 0 Å². The number of hydrogen-bond donors (Lipinski definition) is 2. The van der Waals surface area contributed by atoms with Gasteiger partial charge in [-0.25, -0.2) is 0 Å². The maximum absolute atomic E-state index is 12.2. The highest BCUT2D eigenvalue weighted by molar-refractivity contribution is 5.91. The summed E-state index contributed by atoms with van der Waals surface area (Å²) in [6.45, 7) is 5.03. The van der Waals surface area contributed by atoms with Crippen LogP contribution < -0.4 is 15.0 Å². The zero-order valence-electron chi connectivity index (χ0n) is 14.9. The summed E-state index contributed by atoms with van der Waals surface area (Å²) in [5.74, 6) is 1.58. The van der Waals surface area contributed by atoms with E-state index in [9.17, 15) is 9.59 Å². The van der Waals surface area contributed by atoms with Gasteiger partial charge in [0.25, 0.3) is 5.91 Å². The normalized spacial score (nSPS) is 14.7. The molecule has 1 heterocycles. The van der Waals surface area contributed by atoms with E-state index in [1.54, 1.807) is 6.92 Å². The van der Waals surface area contributed by atoms with E-state index in [1.165, 1.54) is 4.90 Å². The first kappa shape index (κ1) is 17.9. The summed E-state index contributed by atoms with van der Waals surface area (Å²) >= 11 is 0. The molecule has 1 aliphatic heterocycles. The molecule has 1 fully saturated rings. The minimum Gasteiger partial charge on any atom is -0.457 e. The highest BCUT2D eigenvalue weighted by atomic mass is 16.5. The van der Waals surface area contributed by atoms with Gasteiger partial charge in [0.05, 0.1) is 26.2 Å². The molecule has 2 N–H and O–H groups in total. The summed E-state index contributed by atoms with van der Waals surface area (Å²) in [4.78, 5) is 26.6. The number of hydrogen-bond acceptors (Lipinski definition) is 3. The standard InChI is InChI=1S/C20H23N3O3/c1-16(24)23-13-11-22(12-14-23)15-20(25)21-17-7-9-19(10-8-17)26-18-5-3-2-4-6-18/h2-10H,11-15H2,1H3,(H,21,25)/p+1. The maximum atomic E-state index is 12.2. The number of piperazine rings is 1. The van der Waals surface area contributed by atoms with Gasteiger partial charge in [-0.05, 0) is 36.4 Å². The van der Waals surface area contributed by atoms with E-state index in [0.717, 1.165) is 30.3 Å². The molecule has 6 nitrogen and oxygen atoms in total. The topological polar surface area (TPSA) is 63.1 Å². The fourth-order valence-electron chi connectivity index (χ4n) is 2.98. The Balaban J connectivity index is 1.46. The molecule has 1 aliphatic rings. The quantitative estimate of drug-likeness (QED) is 0.847. The van der Waals surface area contributed by atoms with Crippen molar-refractivity contribution in [2.75, 3.05) is 38.0 Å². The van der Waals surface area contributed by atoms with E-state index in [1.807, 2.05) is 59.5 Å². The number of para-hydroxylation sites is 1. The summed E-state index contributed by atoms with van der Waals surface area (Å²) in [7, 11) is 0. The number of amides is 2. The largest absolute Gasteiger partial charge is 0.457 e. The van der Waals surface area contributed by atoms with Gasteiger partial charge in [-0.15, -0.1) is 0 Å². The average molecular weight is 354 g/mol. The highest BCUT2D eigenvalue weighted by Crippen LogP contribution is 2.22. The van der Waals surface area contributed by atoms with Crippen molar-refractivity contribution in [3.63, 3.8) is 0 Å². The Morgan fingerprint density at radius 3 is 2.23 bits per heavy atom. The van der Waals surface area contributed by atoms with Crippen LogP contribution in [0.1, 0.15) is 6.92 Å². The first-order valence-corrected chi connectivity index (χ1v) is 8.82. The van der Waals surface area contributed by atoms with Crippen LogP contribution in [0.2, 0.25) is 0 Å². The van der Waals surface area contributed by atoms with Gasteiger partial charge >= 0.3 is 0 Å². The molecule has 0 radical (unpaired) electrons. The smallest absolute Gasteiger partial charge is 0.279 e. The number of rotatable bonds is 5. The lowest BCUT2D eigenvalue weighted by molar-refractivity contribution is -0.895. The SMILES string of the molecule is CC(=O)N1CC[NH+](CC(=O)Nc2ccc(Oc3ccccc3)cc2)CC1. The van der Waals surface area contributed by atoms with Crippen molar-refractivity contribution in [1.82, 2.24) is 4.90 Å². The van der Waals surface area contributed by atoms with E-state index in [2.05, 4.69) is 5.32 Å². The fraction of sp³-hybridized carbons (Fsp3) is 0.300. The number of anilines is 1. The minimum atomic E-state index is -0.0204. The zero-order chi connectivity index (χ0) is 18.4. The molecule has 0 spiro atoms. The number of nitrogens with one attached hydrogen (secondary N) is 2. The van der Waals surface area contributed by atoms with E-state index < -0.39 is 0 Å². The molecule has 3 rings (SSSR count). The third-order valence-electron chi connectivity index (χ3n) is 4.44. The van der Waals surface area contributed by atoms with E-state index in [0.29, 0.717) is 19.6 Å². The van der Waals surface area contributed by atoms with Crippen molar-refractivity contribution < 1.29 is 19.2 Å². The van der Waals surface area contributed by atoms with Crippen LogP contribution in [0.4, 0.5) is 5.69 Å². The van der Waals surface area contributed by atoms with Crippen LogP contribution in [-0.2, 0) is 9.59 Å². The Labute approximate surface area is 153 Å². The molecule has 2 aromatic carbocycles. The Morgan fingerprint density at radius 2 is 1.62 bits per heavy atom. The number of ether oxygens (including phenoxy) is 1. The Kier molecular flexibility index (Phi) is 5.86. The van der Waals surface area contributed by atoms with Gasteiger partial charge in [-0.2, -0.15) is 0 Å². The molecular formula is C20H24N3O3+. The molecule has 136 valence electrons. The van der Waals surface area contributed by atoms with Crippen LogP contribution in [0.15, 0.2) is 54.6 Å². The van der Waals surface area contributed by atoms with Crippen LogP contribution in [0.3, 0.4) is 0 Å². The second-order valence-corrected chi connectivity index (χ2v) is 6.42. The van der Waals surface area contributed by atoms with Crippen LogP contribution in [0.25, 0.3) is 0 Å². The molecule has 0 aromatic heterocycles. The van der Waals surface area contributed by atoms with Gasteiger partial charge in [-0.1, -0.05) is 18.2 Å². The molecule has 0 bridgehead atoms. The van der Waals surface area contributed by atoms with Crippen LogP contribution in [0.5, 0.6) is 11.5 Å². The molecule has 0 unspecified atom stereocenters. The summed E-state index contributed by atoms with van der Waals surface area (Å²) in [5.41, 5.74) is 0.747. The Morgan fingerprint density at radius 1 is 1.00 bits per heavy atom. The molecule has 0 atom stereocenters. The Bertz CT molecular complexity index is 739.